The number of anilines is 3. The highest BCUT2D eigenvalue weighted by atomic mass is 19.2. The first kappa shape index (κ1) is 30.9. The van der Waals surface area contributed by atoms with Gasteiger partial charge in [-0.05, 0) is 55.0 Å². The average Bonchev–Trinajstić information content (AvgIpc) is 3.07. The lowest BCUT2D eigenvalue weighted by molar-refractivity contribution is 0.278. The standard InChI is InChI=1S/C35H25BF5NO3/c1-4-23-11-9-15-27(21-23)43-36(45-35-32(40)30(38)29(37)31(39)33(35)41)44-28-16-10-12-24(5-2)34(28)42(25-13-7-6-8-14-25)26-19-17-22(3)18-20-26/h4-21H,1-2H2,3H3. The van der Waals surface area contributed by atoms with Gasteiger partial charge in [0.25, 0.3) is 0 Å². The van der Waals surface area contributed by atoms with E-state index < -0.39 is 42.2 Å². The van der Waals surface area contributed by atoms with Crippen molar-refractivity contribution in [1.29, 1.82) is 0 Å². The number of benzene rings is 5. The quantitative estimate of drug-likeness (QED) is 0.0642. The van der Waals surface area contributed by atoms with Crippen LogP contribution in [0.3, 0.4) is 0 Å². The van der Waals surface area contributed by atoms with Gasteiger partial charge < -0.3 is 18.9 Å². The Balaban J connectivity index is 1.66. The summed E-state index contributed by atoms with van der Waals surface area (Å²) in [6.45, 7) is 9.58. The van der Waals surface area contributed by atoms with E-state index in [1.165, 1.54) is 18.2 Å². The first-order valence-electron chi connectivity index (χ1n) is 13.6. The van der Waals surface area contributed by atoms with E-state index in [0.717, 1.165) is 16.9 Å². The van der Waals surface area contributed by atoms with Crippen LogP contribution in [-0.4, -0.2) is 7.32 Å². The van der Waals surface area contributed by atoms with Crippen molar-refractivity contribution >= 4 is 36.5 Å². The number of rotatable bonds is 11. The fourth-order valence-electron chi connectivity index (χ4n) is 4.50. The third kappa shape index (κ3) is 6.55. The van der Waals surface area contributed by atoms with Crippen LogP contribution in [0.4, 0.5) is 39.0 Å². The highest BCUT2D eigenvalue weighted by Crippen LogP contribution is 2.43. The van der Waals surface area contributed by atoms with Crippen LogP contribution in [0, 0.1) is 36.0 Å². The van der Waals surface area contributed by atoms with Gasteiger partial charge in [-0.2, -0.15) is 8.78 Å². The summed E-state index contributed by atoms with van der Waals surface area (Å²) < 4.78 is 88.8. The number of aryl methyl sites for hydroxylation is 1. The molecule has 5 rings (SSSR count). The molecule has 0 saturated carbocycles. The summed E-state index contributed by atoms with van der Waals surface area (Å²) in [4.78, 5) is 1.86. The van der Waals surface area contributed by atoms with E-state index in [9.17, 15) is 22.0 Å². The second kappa shape index (κ2) is 13.4. The van der Waals surface area contributed by atoms with Crippen molar-refractivity contribution < 1.29 is 35.9 Å². The number of hydrogen-bond acceptors (Lipinski definition) is 4. The highest BCUT2D eigenvalue weighted by molar-refractivity contribution is 6.39. The zero-order valence-electron chi connectivity index (χ0n) is 23.9. The molecular formula is C35H25BF5NO3. The molecule has 5 aromatic rings. The van der Waals surface area contributed by atoms with Crippen LogP contribution < -0.4 is 18.9 Å². The molecule has 0 fully saturated rings. The number of nitrogens with zero attached hydrogens (tertiary/aromatic N) is 1. The van der Waals surface area contributed by atoms with Gasteiger partial charge in [0.15, 0.2) is 5.75 Å². The summed E-state index contributed by atoms with van der Waals surface area (Å²) in [5, 5.41) is 0. The lowest BCUT2D eigenvalue weighted by Gasteiger charge is -2.29. The van der Waals surface area contributed by atoms with Gasteiger partial charge in [0.2, 0.25) is 29.1 Å². The van der Waals surface area contributed by atoms with Crippen LogP contribution in [-0.2, 0) is 0 Å². The van der Waals surface area contributed by atoms with Crippen molar-refractivity contribution in [2.45, 2.75) is 6.92 Å². The molecule has 4 nitrogen and oxygen atoms in total. The number of para-hydroxylation sites is 2. The predicted octanol–water partition coefficient (Wildman–Crippen LogP) is 9.97. The van der Waals surface area contributed by atoms with Crippen LogP contribution in [0.15, 0.2) is 110 Å². The van der Waals surface area contributed by atoms with Crippen molar-refractivity contribution in [3.63, 3.8) is 0 Å². The SMILES string of the molecule is C=Cc1cccc(OB(Oc2cccc(C=C)c2N(c2ccccc2)c2ccc(C)cc2)Oc2c(F)c(F)c(F)c(F)c2F)c1. The molecule has 0 aliphatic rings. The molecule has 0 amide bonds. The molecule has 0 N–H and O–H groups in total. The van der Waals surface area contributed by atoms with E-state index in [0.29, 0.717) is 16.8 Å². The average molecular weight is 613 g/mol. The Morgan fingerprint density at radius 3 is 1.89 bits per heavy atom. The van der Waals surface area contributed by atoms with Crippen LogP contribution in [0.5, 0.6) is 17.2 Å². The molecule has 0 aliphatic carbocycles. The highest BCUT2D eigenvalue weighted by Gasteiger charge is 2.37. The Labute approximate surface area is 257 Å². The van der Waals surface area contributed by atoms with Crippen molar-refractivity contribution in [2.24, 2.45) is 0 Å². The molecule has 0 heterocycles. The van der Waals surface area contributed by atoms with Gasteiger partial charge in [0.05, 0.1) is 5.69 Å². The van der Waals surface area contributed by atoms with E-state index in [-0.39, 0.29) is 11.5 Å². The molecule has 10 heteroatoms. The van der Waals surface area contributed by atoms with Gasteiger partial charge in [-0.15, -0.1) is 0 Å². The normalized spacial score (nSPS) is 10.6. The topological polar surface area (TPSA) is 30.9 Å². The summed E-state index contributed by atoms with van der Waals surface area (Å²) in [6, 6.07) is 28.2. The molecule has 0 aromatic heterocycles. The van der Waals surface area contributed by atoms with Crippen molar-refractivity contribution in [1.82, 2.24) is 0 Å². The second-order valence-electron chi connectivity index (χ2n) is 9.72. The molecule has 45 heavy (non-hydrogen) atoms. The summed E-state index contributed by atoms with van der Waals surface area (Å²) in [5.41, 5.74) is 4.09. The summed E-state index contributed by atoms with van der Waals surface area (Å²) in [7, 11) is -2.05. The van der Waals surface area contributed by atoms with Crippen LogP contribution in [0.2, 0.25) is 0 Å². The van der Waals surface area contributed by atoms with Crippen LogP contribution >= 0.6 is 0 Å². The first-order chi connectivity index (χ1) is 21.7. The minimum absolute atomic E-state index is 0.0746. The lowest BCUT2D eigenvalue weighted by atomic mass is 10.1. The van der Waals surface area contributed by atoms with E-state index >= 15 is 0 Å². The van der Waals surface area contributed by atoms with Crippen molar-refractivity contribution in [3.05, 3.63) is 156 Å². The largest absolute Gasteiger partial charge is 0.864 e. The zero-order chi connectivity index (χ0) is 32.1. The first-order valence-corrected chi connectivity index (χ1v) is 13.6. The Kier molecular flexibility index (Phi) is 9.23. The van der Waals surface area contributed by atoms with Crippen molar-refractivity contribution in [2.75, 3.05) is 4.90 Å². The Morgan fingerprint density at radius 1 is 0.622 bits per heavy atom. The molecular weight excluding hydrogens is 588 g/mol. The molecule has 0 atom stereocenters. The van der Waals surface area contributed by atoms with Crippen LogP contribution in [0.25, 0.3) is 12.2 Å². The van der Waals surface area contributed by atoms with E-state index in [4.69, 9.17) is 14.0 Å². The van der Waals surface area contributed by atoms with Gasteiger partial charge >= 0.3 is 7.32 Å². The molecule has 0 saturated heterocycles. The van der Waals surface area contributed by atoms with Gasteiger partial charge in [-0.25, -0.2) is 13.2 Å². The van der Waals surface area contributed by atoms with Gasteiger partial charge in [0, 0.05) is 16.9 Å². The third-order valence-corrected chi connectivity index (χ3v) is 6.71. The molecule has 5 aromatic carbocycles. The third-order valence-electron chi connectivity index (χ3n) is 6.71. The van der Waals surface area contributed by atoms with Crippen molar-refractivity contribution in [3.8, 4) is 17.2 Å². The molecule has 0 spiro atoms. The van der Waals surface area contributed by atoms with E-state index in [1.807, 2.05) is 66.4 Å². The fraction of sp³-hybridized carbons (Fsp3) is 0.0286. The van der Waals surface area contributed by atoms with Gasteiger partial charge in [0.1, 0.15) is 11.5 Å². The predicted molar refractivity (Wildman–Crippen MR) is 166 cm³/mol. The number of hydrogen-bond donors (Lipinski definition) is 0. The van der Waals surface area contributed by atoms with E-state index in [2.05, 4.69) is 13.2 Å². The maximum atomic E-state index is 14.8. The van der Waals surface area contributed by atoms with Gasteiger partial charge in [-0.3, -0.25) is 0 Å². The van der Waals surface area contributed by atoms with Gasteiger partial charge in [-0.1, -0.05) is 85.5 Å². The molecule has 0 aliphatic heterocycles. The Bertz CT molecular complexity index is 1820. The summed E-state index contributed by atoms with van der Waals surface area (Å²) >= 11 is 0. The monoisotopic (exact) mass is 613 g/mol. The maximum Gasteiger partial charge on any atom is 0.864 e. The zero-order valence-corrected chi connectivity index (χ0v) is 23.9. The summed E-state index contributed by atoms with van der Waals surface area (Å²) in [5.74, 6) is -12.5. The molecule has 0 bridgehead atoms. The fourth-order valence-corrected chi connectivity index (χ4v) is 4.50. The minimum Gasteiger partial charge on any atom is -0.490 e. The summed E-state index contributed by atoms with van der Waals surface area (Å²) in [6.07, 6.45) is 3.11. The molecule has 0 unspecified atom stereocenters. The molecule has 0 radical (unpaired) electrons. The lowest BCUT2D eigenvalue weighted by Crippen LogP contribution is -2.38. The second-order valence-corrected chi connectivity index (χ2v) is 9.72. The minimum atomic E-state index is -2.33. The Hall–Kier alpha value is -5.51. The smallest absolute Gasteiger partial charge is 0.490 e. The maximum absolute atomic E-state index is 14.8. The van der Waals surface area contributed by atoms with E-state index in [1.54, 1.807) is 36.4 Å². The Morgan fingerprint density at radius 2 is 1.24 bits per heavy atom. The van der Waals surface area contributed by atoms with Crippen LogP contribution in [0.1, 0.15) is 16.7 Å². The number of halogens is 5. The molecule has 226 valence electrons.